The molecule has 1 aliphatic rings. The Labute approximate surface area is 115 Å². The number of carboxylic acid groups (broad SMARTS) is 1. The Morgan fingerprint density at radius 3 is 2.90 bits per heavy atom. The molecule has 2 aromatic rings. The van der Waals surface area contributed by atoms with Gasteiger partial charge in [-0.25, -0.2) is 4.79 Å². The highest BCUT2D eigenvalue weighted by molar-refractivity contribution is 6.05. The Kier molecular flexibility index (Phi) is 2.94. The second-order valence-corrected chi connectivity index (χ2v) is 5.02. The lowest BCUT2D eigenvalue weighted by Gasteiger charge is -2.18. The summed E-state index contributed by atoms with van der Waals surface area (Å²) in [5.74, 6) is -1.05. The number of aromatic hydroxyl groups is 1. The van der Waals surface area contributed by atoms with Gasteiger partial charge in [-0.05, 0) is 24.6 Å². The van der Waals surface area contributed by atoms with Gasteiger partial charge in [-0.15, -0.1) is 0 Å². The van der Waals surface area contributed by atoms with Gasteiger partial charge >= 0.3 is 5.97 Å². The third-order valence-corrected chi connectivity index (χ3v) is 3.63. The van der Waals surface area contributed by atoms with Crippen molar-refractivity contribution in [2.45, 2.75) is 12.5 Å². The van der Waals surface area contributed by atoms with Gasteiger partial charge in [0.25, 0.3) is 0 Å². The van der Waals surface area contributed by atoms with Crippen molar-refractivity contribution in [3.63, 3.8) is 0 Å². The molecule has 2 heterocycles. The Balaban J connectivity index is 2.14. The number of aromatic nitrogens is 1. The fourth-order valence-corrected chi connectivity index (χ4v) is 2.58. The number of nitrogens with zero attached hydrogens (tertiary/aromatic N) is 2. The molecular weight excluding hydrogens is 258 g/mol. The molecule has 0 spiro atoms. The van der Waals surface area contributed by atoms with Gasteiger partial charge in [-0.3, -0.25) is 4.98 Å². The van der Waals surface area contributed by atoms with Crippen LogP contribution in [0.3, 0.4) is 0 Å². The topological polar surface area (TPSA) is 99.7 Å². The number of hydrogen-bond donors (Lipinski definition) is 3. The highest BCUT2D eigenvalue weighted by Crippen LogP contribution is 2.30. The van der Waals surface area contributed by atoms with E-state index in [9.17, 15) is 15.0 Å². The fraction of sp³-hybridized carbons (Fsp3) is 0.286. The van der Waals surface area contributed by atoms with Crippen molar-refractivity contribution in [3.8, 4) is 5.75 Å². The van der Waals surface area contributed by atoms with E-state index < -0.39 is 5.97 Å². The average Bonchev–Trinajstić information content (AvgIpc) is 2.85. The van der Waals surface area contributed by atoms with Crippen LogP contribution in [0.25, 0.3) is 10.9 Å². The number of pyridine rings is 1. The van der Waals surface area contributed by atoms with E-state index in [1.807, 2.05) is 0 Å². The third-order valence-electron chi connectivity index (χ3n) is 3.63. The third kappa shape index (κ3) is 2.04. The molecule has 0 amide bonds. The number of nitrogens with two attached hydrogens (primary N) is 1. The quantitative estimate of drug-likeness (QED) is 0.759. The normalized spacial score (nSPS) is 18.6. The molecule has 0 saturated carbocycles. The summed E-state index contributed by atoms with van der Waals surface area (Å²) in [6, 6.07) is 4.63. The predicted octanol–water partition coefficient (Wildman–Crippen LogP) is 1.18. The summed E-state index contributed by atoms with van der Waals surface area (Å²) in [7, 11) is 0. The van der Waals surface area contributed by atoms with E-state index in [1.54, 1.807) is 12.3 Å². The van der Waals surface area contributed by atoms with Crippen LogP contribution in [-0.2, 0) is 0 Å². The van der Waals surface area contributed by atoms with E-state index in [1.165, 1.54) is 12.1 Å². The summed E-state index contributed by atoms with van der Waals surface area (Å²) in [5.41, 5.74) is 7.15. The number of hydrogen-bond acceptors (Lipinski definition) is 5. The smallest absolute Gasteiger partial charge is 0.336 e. The van der Waals surface area contributed by atoms with Gasteiger partial charge in [0, 0.05) is 24.5 Å². The van der Waals surface area contributed by atoms with Gasteiger partial charge < -0.3 is 20.8 Å². The number of carboxylic acids is 1. The Bertz CT molecular complexity index is 687. The van der Waals surface area contributed by atoms with Crippen LogP contribution in [0.1, 0.15) is 16.8 Å². The molecular formula is C14H15N3O3. The number of phenols is 1. The van der Waals surface area contributed by atoms with Crippen LogP contribution in [0.15, 0.2) is 24.4 Å². The number of rotatable bonds is 2. The zero-order valence-electron chi connectivity index (χ0n) is 10.8. The van der Waals surface area contributed by atoms with Crippen molar-refractivity contribution >= 4 is 22.6 Å². The molecule has 0 unspecified atom stereocenters. The van der Waals surface area contributed by atoms with Crippen molar-refractivity contribution in [1.82, 2.24) is 4.98 Å². The molecule has 0 radical (unpaired) electrons. The second kappa shape index (κ2) is 4.64. The number of fused-ring (bicyclic) bond motifs is 1. The number of benzene rings is 1. The number of anilines is 1. The van der Waals surface area contributed by atoms with Gasteiger partial charge in [0.1, 0.15) is 11.3 Å². The van der Waals surface area contributed by atoms with E-state index in [2.05, 4.69) is 9.88 Å². The zero-order chi connectivity index (χ0) is 14.3. The van der Waals surface area contributed by atoms with Gasteiger partial charge in [-0.1, -0.05) is 0 Å². The highest BCUT2D eigenvalue weighted by Gasteiger charge is 2.21. The van der Waals surface area contributed by atoms with Crippen molar-refractivity contribution in [2.24, 2.45) is 5.73 Å². The monoisotopic (exact) mass is 273 g/mol. The Morgan fingerprint density at radius 1 is 1.45 bits per heavy atom. The van der Waals surface area contributed by atoms with E-state index in [0.717, 1.165) is 25.2 Å². The van der Waals surface area contributed by atoms with Crippen molar-refractivity contribution < 1.29 is 15.0 Å². The standard InChI is InChI=1S/C14H15N3O3/c15-8-3-4-17(7-8)9-5-11-10(14(19)20)1-2-12(18)13(11)16-6-9/h1-2,5-6,8,18H,3-4,7,15H2,(H,19,20)/t8-/m1/s1. The largest absolute Gasteiger partial charge is 0.506 e. The molecule has 0 aliphatic carbocycles. The lowest BCUT2D eigenvalue weighted by Crippen LogP contribution is -2.26. The number of carbonyl (C=O) groups is 1. The maximum absolute atomic E-state index is 11.3. The maximum atomic E-state index is 11.3. The highest BCUT2D eigenvalue weighted by atomic mass is 16.4. The van der Waals surface area contributed by atoms with E-state index in [0.29, 0.717) is 10.9 Å². The molecule has 1 aliphatic heterocycles. The number of phenolic OH excluding ortho intramolecular Hbond substituents is 1. The summed E-state index contributed by atoms with van der Waals surface area (Å²) < 4.78 is 0. The first-order chi connectivity index (χ1) is 9.56. The van der Waals surface area contributed by atoms with Crippen molar-refractivity contribution in [2.75, 3.05) is 18.0 Å². The van der Waals surface area contributed by atoms with Crippen molar-refractivity contribution in [3.05, 3.63) is 30.0 Å². The van der Waals surface area contributed by atoms with Crippen LogP contribution in [0.2, 0.25) is 0 Å². The van der Waals surface area contributed by atoms with Gasteiger partial charge in [0.2, 0.25) is 0 Å². The minimum absolute atomic E-state index is 0.0188. The SMILES string of the molecule is N[C@@H]1CCN(c2cnc3c(O)ccc(C(=O)O)c3c2)C1. The minimum Gasteiger partial charge on any atom is -0.506 e. The first-order valence-electron chi connectivity index (χ1n) is 6.42. The van der Waals surface area contributed by atoms with Crippen LogP contribution in [0, 0.1) is 0 Å². The molecule has 1 fully saturated rings. The summed E-state index contributed by atoms with van der Waals surface area (Å²) >= 11 is 0. The fourth-order valence-electron chi connectivity index (χ4n) is 2.58. The Hall–Kier alpha value is -2.34. The first-order valence-corrected chi connectivity index (χ1v) is 6.42. The molecule has 104 valence electrons. The molecule has 4 N–H and O–H groups in total. The van der Waals surface area contributed by atoms with Crippen LogP contribution in [0.4, 0.5) is 5.69 Å². The summed E-state index contributed by atoms with van der Waals surface area (Å²) in [4.78, 5) is 17.5. The molecule has 0 bridgehead atoms. The minimum atomic E-state index is -1.04. The molecule has 1 aromatic heterocycles. The van der Waals surface area contributed by atoms with Crippen LogP contribution >= 0.6 is 0 Å². The maximum Gasteiger partial charge on any atom is 0.336 e. The molecule has 20 heavy (non-hydrogen) atoms. The lowest BCUT2D eigenvalue weighted by molar-refractivity contribution is 0.0699. The lowest BCUT2D eigenvalue weighted by atomic mass is 10.1. The van der Waals surface area contributed by atoms with Crippen LogP contribution in [-0.4, -0.2) is 40.3 Å². The molecule has 3 rings (SSSR count). The number of aromatic carboxylic acids is 1. The summed E-state index contributed by atoms with van der Waals surface area (Å²) in [6.07, 6.45) is 2.55. The van der Waals surface area contributed by atoms with Gasteiger partial charge in [0.15, 0.2) is 0 Å². The second-order valence-electron chi connectivity index (χ2n) is 5.02. The van der Waals surface area contributed by atoms with Gasteiger partial charge in [0.05, 0.1) is 17.4 Å². The van der Waals surface area contributed by atoms with Crippen LogP contribution in [0.5, 0.6) is 5.75 Å². The zero-order valence-corrected chi connectivity index (χ0v) is 10.8. The molecule has 1 saturated heterocycles. The van der Waals surface area contributed by atoms with Crippen molar-refractivity contribution in [1.29, 1.82) is 0 Å². The summed E-state index contributed by atoms with van der Waals surface area (Å²) in [6.45, 7) is 1.56. The van der Waals surface area contributed by atoms with Crippen LogP contribution < -0.4 is 10.6 Å². The molecule has 6 nitrogen and oxygen atoms in total. The Morgan fingerprint density at radius 2 is 2.25 bits per heavy atom. The predicted molar refractivity (Wildman–Crippen MR) is 75.2 cm³/mol. The molecule has 1 aromatic carbocycles. The average molecular weight is 273 g/mol. The summed E-state index contributed by atoms with van der Waals surface area (Å²) in [5, 5.41) is 19.5. The first kappa shape index (κ1) is 12.7. The van der Waals surface area contributed by atoms with Gasteiger partial charge in [-0.2, -0.15) is 0 Å². The molecule has 1 atom stereocenters. The van der Waals surface area contributed by atoms with E-state index in [4.69, 9.17) is 5.73 Å². The molecule has 6 heteroatoms. The van der Waals surface area contributed by atoms with E-state index >= 15 is 0 Å². The van der Waals surface area contributed by atoms with E-state index in [-0.39, 0.29) is 17.4 Å².